The van der Waals surface area contributed by atoms with Crippen LogP contribution in [0.5, 0.6) is 0 Å². The highest BCUT2D eigenvalue weighted by Crippen LogP contribution is 2.03. The van der Waals surface area contributed by atoms with Crippen molar-refractivity contribution < 1.29 is 14.7 Å². The molecule has 0 aliphatic rings. The van der Waals surface area contributed by atoms with Gasteiger partial charge in [0.25, 0.3) is 0 Å². The highest BCUT2D eigenvalue weighted by Gasteiger charge is 2.05. The molecule has 0 aliphatic carbocycles. The van der Waals surface area contributed by atoms with Gasteiger partial charge in [-0.15, -0.1) is 0 Å². The molecule has 88 valence electrons. The lowest BCUT2D eigenvalue weighted by molar-refractivity contribution is -0.138. The number of carboxylic acid groups (broad SMARTS) is 1. The van der Waals surface area contributed by atoms with Crippen molar-refractivity contribution in [3.63, 3.8) is 0 Å². The molecule has 16 heavy (non-hydrogen) atoms. The van der Waals surface area contributed by atoms with Crippen molar-refractivity contribution in [2.24, 2.45) is 0 Å². The zero-order valence-electron chi connectivity index (χ0n) is 9.77. The Morgan fingerprint density at radius 1 is 1.06 bits per heavy atom. The number of carbonyl (C=O) groups is 2. The summed E-state index contributed by atoms with van der Waals surface area (Å²) in [6.07, 6.45) is 0.365. The van der Waals surface area contributed by atoms with Gasteiger partial charge in [-0.3, -0.25) is 9.59 Å². The van der Waals surface area contributed by atoms with Gasteiger partial charge in [0.2, 0.25) is 0 Å². The van der Waals surface area contributed by atoms with E-state index >= 15 is 0 Å². The molecule has 0 amide bonds. The predicted octanol–water partition coefficient (Wildman–Crippen LogP) is 2.69. The summed E-state index contributed by atoms with van der Waals surface area (Å²) in [6, 6.07) is 9.32. The fourth-order valence-corrected chi connectivity index (χ4v) is 1.16. The molecular weight excluding hydrogens is 204 g/mol. The molecule has 0 radical (unpaired) electrons. The van der Waals surface area contributed by atoms with Crippen LogP contribution in [0.15, 0.2) is 30.3 Å². The Morgan fingerprint density at radius 2 is 1.62 bits per heavy atom. The van der Waals surface area contributed by atoms with Crippen LogP contribution in [0.2, 0.25) is 0 Å². The van der Waals surface area contributed by atoms with Crippen molar-refractivity contribution in [3.8, 4) is 0 Å². The molecule has 0 bridgehead atoms. The first-order valence-electron chi connectivity index (χ1n) is 5.46. The minimum Gasteiger partial charge on any atom is -0.481 e. The van der Waals surface area contributed by atoms with Gasteiger partial charge in [-0.2, -0.15) is 0 Å². The molecule has 0 heterocycles. The molecule has 0 aromatic heterocycles. The largest absolute Gasteiger partial charge is 0.481 e. The molecule has 0 spiro atoms. The van der Waals surface area contributed by atoms with Crippen LogP contribution in [0.1, 0.15) is 32.3 Å². The fraction of sp³-hybridized carbons (Fsp3) is 0.385. The van der Waals surface area contributed by atoms with E-state index in [-0.39, 0.29) is 18.6 Å². The molecule has 0 saturated heterocycles. The van der Waals surface area contributed by atoms with Crippen molar-refractivity contribution in [2.75, 3.05) is 0 Å². The second-order valence-electron chi connectivity index (χ2n) is 3.09. The summed E-state index contributed by atoms with van der Waals surface area (Å²) in [5.74, 6) is -0.954. The number of rotatable bonds is 5. The maximum atomic E-state index is 11.3. The van der Waals surface area contributed by atoms with Gasteiger partial charge in [0.1, 0.15) is 5.78 Å². The van der Waals surface area contributed by atoms with Gasteiger partial charge < -0.3 is 5.11 Å². The van der Waals surface area contributed by atoms with Crippen molar-refractivity contribution in [1.29, 1.82) is 0 Å². The smallest absolute Gasteiger partial charge is 0.303 e. The summed E-state index contributed by atoms with van der Waals surface area (Å²) in [5.41, 5.74) is 0.933. The first-order valence-corrected chi connectivity index (χ1v) is 5.46. The number of hydrogen-bond acceptors (Lipinski definition) is 2. The number of carbonyl (C=O) groups excluding carboxylic acids is 1. The van der Waals surface area contributed by atoms with E-state index in [4.69, 9.17) is 5.11 Å². The lowest BCUT2D eigenvalue weighted by atomic mass is 10.1. The molecule has 1 aromatic rings. The van der Waals surface area contributed by atoms with Gasteiger partial charge in [0, 0.05) is 12.8 Å². The Balaban J connectivity index is 0.00000106. The van der Waals surface area contributed by atoms with Crippen LogP contribution in [-0.2, 0) is 16.0 Å². The zero-order valence-corrected chi connectivity index (χ0v) is 9.77. The van der Waals surface area contributed by atoms with Crippen molar-refractivity contribution in [1.82, 2.24) is 0 Å². The monoisotopic (exact) mass is 222 g/mol. The van der Waals surface area contributed by atoms with Crippen LogP contribution in [0, 0.1) is 0 Å². The third-order valence-electron chi connectivity index (χ3n) is 1.86. The van der Waals surface area contributed by atoms with E-state index in [1.165, 1.54) is 0 Å². The number of ketones is 1. The van der Waals surface area contributed by atoms with Crippen molar-refractivity contribution >= 4 is 11.8 Å². The minimum atomic E-state index is -0.925. The quantitative estimate of drug-likeness (QED) is 0.833. The first-order chi connectivity index (χ1) is 7.68. The standard InChI is InChI=1S/C11H12O3.C2H6/c12-10(6-7-11(13)14)8-9-4-2-1-3-5-9;1-2/h1-5H,6-8H2,(H,13,14);1-2H3. The van der Waals surface area contributed by atoms with Gasteiger partial charge in [-0.25, -0.2) is 0 Å². The van der Waals surface area contributed by atoms with Gasteiger partial charge >= 0.3 is 5.97 Å². The minimum absolute atomic E-state index is 0.0291. The van der Waals surface area contributed by atoms with Crippen molar-refractivity contribution in [3.05, 3.63) is 35.9 Å². The molecule has 1 N–H and O–H groups in total. The Kier molecular flexibility index (Phi) is 7.76. The van der Waals surface area contributed by atoms with Crippen LogP contribution in [0.3, 0.4) is 0 Å². The van der Waals surface area contributed by atoms with E-state index in [1.54, 1.807) is 0 Å². The SMILES string of the molecule is CC.O=C(O)CCC(=O)Cc1ccccc1. The fourth-order valence-electron chi connectivity index (χ4n) is 1.16. The Hall–Kier alpha value is -1.64. The third kappa shape index (κ3) is 6.76. The topological polar surface area (TPSA) is 54.4 Å². The highest BCUT2D eigenvalue weighted by atomic mass is 16.4. The lowest BCUT2D eigenvalue weighted by Crippen LogP contribution is -2.05. The number of benzene rings is 1. The van der Waals surface area contributed by atoms with E-state index in [0.717, 1.165) is 5.56 Å². The second kappa shape index (κ2) is 8.65. The van der Waals surface area contributed by atoms with Gasteiger partial charge in [0.05, 0.1) is 6.42 Å². The van der Waals surface area contributed by atoms with E-state index in [1.807, 2.05) is 44.2 Å². The maximum absolute atomic E-state index is 11.3. The highest BCUT2D eigenvalue weighted by molar-refractivity contribution is 5.84. The normalized spacial score (nSPS) is 8.88. The van der Waals surface area contributed by atoms with E-state index in [0.29, 0.717) is 6.42 Å². The van der Waals surface area contributed by atoms with Crippen LogP contribution in [0.25, 0.3) is 0 Å². The molecule has 3 heteroatoms. The average molecular weight is 222 g/mol. The maximum Gasteiger partial charge on any atom is 0.303 e. The predicted molar refractivity (Wildman–Crippen MR) is 63.4 cm³/mol. The summed E-state index contributed by atoms with van der Waals surface area (Å²) in [6.45, 7) is 4.00. The molecule has 0 saturated carbocycles. The summed E-state index contributed by atoms with van der Waals surface area (Å²) >= 11 is 0. The zero-order chi connectivity index (χ0) is 12.4. The molecule has 0 unspecified atom stereocenters. The molecule has 0 fully saturated rings. The van der Waals surface area contributed by atoms with E-state index < -0.39 is 5.97 Å². The molecule has 3 nitrogen and oxygen atoms in total. The van der Waals surface area contributed by atoms with Gasteiger partial charge in [0.15, 0.2) is 0 Å². The summed E-state index contributed by atoms with van der Waals surface area (Å²) < 4.78 is 0. The number of hydrogen-bond donors (Lipinski definition) is 1. The molecule has 0 aliphatic heterocycles. The lowest BCUT2D eigenvalue weighted by Gasteiger charge is -1.98. The Labute approximate surface area is 96.1 Å². The summed E-state index contributed by atoms with van der Waals surface area (Å²) in [7, 11) is 0. The average Bonchev–Trinajstić information content (AvgIpc) is 2.30. The summed E-state index contributed by atoms with van der Waals surface area (Å²) in [5, 5.41) is 8.38. The third-order valence-corrected chi connectivity index (χ3v) is 1.86. The molecule has 1 aromatic carbocycles. The number of Topliss-reactive ketones (excluding diaryl/α,β-unsaturated/α-hetero) is 1. The molecule has 1 rings (SSSR count). The van der Waals surface area contributed by atoms with Crippen LogP contribution >= 0.6 is 0 Å². The first kappa shape index (κ1) is 14.4. The van der Waals surface area contributed by atoms with Crippen molar-refractivity contribution in [2.45, 2.75) is 33.1 Å². The summed E-state index contributed by atoms with van der Waals surface area (Å²) in [4.78, 5) is 21.5. The van der Waals surface area contributed by atoms with E-state index in [9.17, 15) is 9.59 Å². The Morgan fingerprint density at radius 3 is 2.12 bits per heavy atom. The second-order valence-corrected chi connectivity index (χ2v) is 3.09. The number of carboxylic acids is 1. The molecular formula is C13H18O3. The van der Waals surface area contributed by atoms with Crippen LogP contribution < -0.4 is 0 Å². The molecule has 0 atom stereocenters. The Bertz CT molecular complexity index is 317. The van der Waals surface area contributed by atoms with E-state index in [2.05, 4.69) is 0 Å². The van der Waals surface area contributed by atoms with Gasteiger partial charge in [-0.05, 0) is 5.56 Å². The van der Waals surface area contributed by atoms with Crippen LogP contribution in [-0.4, -0.2) is 16.9 Å². The number of aliphatic carboxylic acids is 1. The van der Waals surface area contributed by atoms with Crippen LogP contribution in [0.4, 0.5) is 0 Å². The van der Waals surface area contributed by atoms with Gasteiger partial charge in [-0.1, -0.05) is 44.2 Å².